The van der Waals surface area contributed by atoms with Crippen LogP contribution in [0.25, 0.3) is 33.8 Å². The monoisotopic (exact) mass is 621 g/mol. The number of nitrogens with two attached hydrogens (primary N) is 1. The van der Waals surface area contributed by atoms with Gasteiger partial charge in [-0.05, 0) is 57.9 Å². The highest BCUT2D eigenvalue weighted by molar-refractivity contribution is 6.00. The number of rotatable bonds is 6. The molecule has 2 fully saturated rings. The average molecular weight is 622 g/mol. The lowest BCUT2D eigenvalue weighted by Crippen LogP contribution is -2.39. The molecule has 0 spiro atoms. The zero-order valence-electron chi connectivity index (χ0n) is 27.1. The maximum atomic E-state index is 12.1. The Bertz CT molecular complexity index is 1610. The number of piperidine rings is 1. The number of aliphatic carboxylic acids is 1. The Morgan fingerprint density at radius 1 is 0.978 bits per heavy atom. The van der Waals surface area contributed by atoms with E-state index in [1.54, 1.807) is 0 Å². The second-order valence-electron chi connectivity index (χ2n) is 11.5. The van der Waals surface area contributed by atoms with Crippen molar-refractivity contribution in [1.29, 1.82) is 0 Å². The summed E-state index contributed by atoms with van der Waals surface area (Å²) < 4.78 is 12.5. The molecule has 3 N–H and O–H groups in total. The first-order valence-electron chi connectivity index (χ1n) is 15.6. The van der Waals surface area contributed by atoms with E-state index in [-0.39, 0.29) is 17.4 Å². The molecule has 0 aromatic carbocycles. The number of nitrogen functional groups attached to an aromatic ring is 1. The van der Waals surface area contributed by atoms with E-state index >= 15 is 0 Å². The van der Waals surface area contributed by atoms with Gasteiger partial charge in [0.1, 0.15) is 23.5 Å². The molecular formula is C31H43N9O5. The Labute approximate surface area is 262 Å². The normalized spacial score (nSPS) is 15.1. The number of ether oxygens (including phenoxy) is 1. The van der Waals surface area contributed by atoms with Gasteiger partial charge in [0.05, 0.1) is 16.5 Å². The number of aromatic nitrogens is 7. The summed E-state index contributed by atoms with van der Waals surface area (Å²) in [6.07, 6.45) is 7.79. The van der Waals surface area contributed by atoms with Crippen LogP contribution < -0.4 is 5.73 Å². The van der Waals surface area contributed by atoms with E-state index in [4.69, 9.17) is 35.2 Å². The summed E-state index contributed by atoms with van der Waals surface area (Å²) in [4.78, 5) is 42.5. The Balaban J connectivity index is 0.00000111. The largest absolute Gasteiger partial charge is 0.479 e. The summed E-state index contributed by atoms with van der Waals surface area (Å²) >= 11 is 0. The van der Waals surface area contributed by atoms with Gasteiger partial charge in [-0.15, -0.1) is 0 Å². The van der Waals surface area contributed by atoms with Crippen molar-refractivity contribution in [2.24, 2.45) is 0 Å². The van der Waals surface area contributed by atoms with Gasteiger partial charge in [0.2, 0.25) is 0 Å². The lowest BCUT2D eigenvalue weighted by molar-refractivity contribution is -0.140. The molecule has 6 rings (SSSR count). The van der Waals surface area contributed by atoms with Gasteiger partial charge in [0, 0.05) is 31.4 Å². The molecule has 0 radical (unpaired) electrons. The van der Waals surface area contributed by atoms with Crippen molar-refractivity contribution in [3.8, 4) is 22.8 Å². The van der Waals surface area contributed by atoms with Gasteiger partial charge < -0.3 is 25.0 Å². The minimum absolute atomic E-state index is 0.154. The third-order valence-electron chi connectivity index (χ3n) is 7.46. The van der Waals surface area contributed by atoms with Gasteiger partial charge in [0.15, 0.2) is 23.8 Å². The number of fused-ring (bicyclic) bond motifs is 1. The molecule has 4 aromatic rings. The lowest BCUT2D eigenvalue weighted by atomic mass is 9.91. The molecule has 1 amide bonds. The number of carboxylic acids is 1. The van der Waals surface area contributed by atoms with E-state index in [0.717, 1.165) is 24.2 Å². The van der Waals surface area contributed by atoms with Gasteiger partial charge in [-0.2, -0.15) is 5.10 Å². The van der Waals surface area contributed by atoms with Crippen molar-refractivity contribution in [3.63, 3.8) is 0 Å². The highest BCUT2D eigenvalue weighted by atomic mass is 16.6. The number of amides is 1. The fourth-order valence-electron chi connectivity index (χ4n) is 5.20. The van der Waals surface area contributed by atoms with Crippen molar-refractivity contribution < 1.29 is 24.0 Å². The van der Waals surface area contributed by atoms with Crippen molar-refractivity contribution >= 4 is 28.9 Å². The molecule has 1 aliphatic carbocycles. The fourth-order valence-corrected chi connectivity index (χ4v) is 5.20. The Morgan fingerprint density at radius 2 is 1.62 bits per heavy atom. The number of carbonyl (C=O) groups is 2. The van der Waals surface area contributed by atoms with Crippen molar-refractivity contribution in [2.75, 3.05) is 25.4 Å². The summed E-state index contributed by atoms with van der Waals surface area (Å²) in [7, 11) is 0. The van der Waals surface area contributed by atoms with Crippen LogP contribution in [0.15, 0.2) is 23.2 Å². The molecule has 242 valence electrons. The number of nitrogens with zero attached hydrogens (tertiary/aromatic N) is 8. The first kappa shape index (κ1) is 33.3. The Morgan fingerprint density at radius 3 is 2.20 bits per heavy atom. The fraction of sp³-hybridized carbons (Fsp3) is 0.548. The molecule has 1 saturated carbocycles. The molecule has 0 bridgehead atoms. The number of hydrogen-bond donors (Lipinski definition) is 2. The summed E-state index contributed by atoms with van der Waals surface area (Å²) in [6, 6.07) is 0. The van der Waals surface area contributed by atoms with Crippen LogP contribution in [0, 0.1) is 0 Å². The van der Waals surface area contributed by atoms with Crippen molar-refractivity contribution in [1.82, 2.24) is 39.8 Å². The number of hydrogen-bond acceptors (Lipinski definition) is 11. The molecule has 4 aromatic heterocycles. The number of carboxylic acid groups (broad SMARTS) is 1. The Hall–Kier alpha value is -4.62. The summed E-state index contributed by atoms with van der Waals surface area (Å²) in [5.74, 6) is 0.728. The molecular weight excluding hydrogens is 578 g/mol. The predicted octanol–water partition coefficient (Wildman–Crippen LogP) is 5.61. The van der Waals surface area contributed by atoms with Crippen LogP contribution in [0.1, 0.15) is 97.3 Å². The maximum Gasteiger partial charge on any atom is 0.410 e. The van der Waals surface area contributed by atoms with Crippen LogP contribution in [-0.2, 0) is 15.1 Å². The van der Waals surface area contributed by atoms with E-state index < -0.39 is 18.7 Å². The first-order valence-corrected chi connectivity index (χ1v) is 15.6. The molecule has 0 atom stereocenters. The van der Waals surface area contributed by atoms with E-state index in [9.17, 15) is 9.59 Å². The third-order valence-corrected chi connectivity index (χ3v) is 7.46. The molecule has 1 aliphatic heterocycles. The van der Waals surface area contributed by atoms with Crippen molar-refractivity contribution in [3.05, 3.63) is 30.0 Å². The van der Waals surface area contributed by atoms with Gasteiger partial charge in [-0.3, -0.25) is 0 Å². The van der Waals surface area contributed by atoms with Crippen LogP contribution in [0.3, 0.4) is 0 Å². The smallest absolute Gasteiger partial charge is 0.410 e. The number of carbonyl (C=O) groups excluding carboxylic acids is 1. The number of likely N-dealkylation sites (tertiary alicyclic amines) is 1. The SMILES string of the molecule is CC.CC.CC(C)(C)n1nc(-c2noc(C3CC3)c2-c2ncc(C3CCN(C(=O)OCC(=O)O)CC3)cn2)c2c(N)ncnc21. The first-order chi connectivity index (χ1) is 21.6. The molecule has 14 heteroatoms. The second kappa shape index (κ2) is 14.0. The average Bonchev–Trinajstić information content (AvgIpc) is 3.66. The second-order valence-corrected chi connectivity index (χ2v) is 11.5. The molecule has 0 unspecified atom stereocenters. The van der Waals surface area contributed by atoms with Crippen LogP contribution in [-0.4, -0.2) is 76.6 Å². The minimum atomic E-state index is -1.18. The van der Waals surface area contributed by atoms with Gasteiger partial charge in [-0.1, -0.05) is 32.9 Å². The molecule has 5 heterocycles. The van der Waals surface area contributed by atoms with E-state index in [0.29, 0.717) is 65.6 Å². The lowest BCUT2D eigenvalue weighted by Gasteiger charge is -2.31. The minimum Gasteiger partial charge on any atom is -0.479 e. The van der Waals surface area contributed by atoms with Gasteiger partial charge in [0.25, 0.3) is 0 Å². The topological polar surface area (TPSA) is 188 Å². The quantitative estimate of drug-likeness (QED) is 0.271. The zero-order chi connectivity index (χ0) is 32.9. The predicted molar refractivity (Wildman–Crippen MR) is 168 cm³/mol. The van der Waals surface area contributed by atoms with E-state index in [1.807, 2.05) is 65.5 Å². The highest BCUT2D eigenvalue weighted by Crippen LogP contribution is 2.48. The maximum absolute atomic E-state index is 12.1. The molecule has 14 nitrogen and oxygen atoms in total. The highest BCUT2D eigenvalue weighted by Gasteiger charge is 2.36. The van der Waals surface area contributed by atoms with Crippen LogP contribution in [0.4, 0.5) is 10.6 Å². The van der Waals surface area contributed by atoms with E-state index in [2.05, 4.69) is 15.1 Å². The number of anilines is 1. The summed E-state index contributed by atoms with van der Waals surface area (Å²) in [5.41, 5.74) is 9.24. The molecule has 1 saturated heterocycles. The third kappa shape index (κ3) is 7.04. The van der Waals surface area contributed by atoms with Gasteiger partial charge >= 0.3 is 12.1 Å². The Kier molecular flexibility index (Phi) is 10.3. The molecule has 45 heavy (non-hydrogen) atoms. The standard InChI is InChI=1S/C27H31N9O5.2C2H6/c1-27(2,3)36-25-19(23(28)31-13-32-25)20(33-36)21-18(22(41-34-21)15-4-5-15)24-29-10-16(11-30-24)14-6-8-35(9-7-14)26(39)40-12-17(37)38;2*1-2/h10-11,13-15H,4-9,12H2,1-3H3,(H,37,38)(H2,28,31,32);2*1-2H3. The zero-order valence-corrected chi connectivity index (χ0v) is 27.1. The molecule has 2 aliphatic rings. The summed E-state index contributed by atoms with van der Waals surface area (Å²) in [6.45, 7) is 14.4. The summed E-state index contributed by atoms with van der Waals surface area (Å²) in [5, 5.41) is 18.7. The van der Waals surface area contributed by atoms with Crippen LogP contribution >= 0.6 is 0 Å². The van der Waals surface area contributed by atoms with Crippen LogP contribution in [0.5, 0.6) is 0 Å². The van der Waals surface area contributed by atoms with E-state index in [1.165, 1.54) is 11.2 Å². The van der Waals surface area contributed by atoms with Crippen LogP contribution in [0.2, 0.25) is 0 Å². The van der Waals surface area contributed by atoms with Crippen molar-refractivity contribution in [2.45, 2.75) is 91.5 Å². The van der Waals surface area contributed by atoms with Gasteiger partial charge in [-0.25, -0.2) is 34.2 Å².